The van der Waals surface area contributed by atoms with Gasteiger partial charge in [0, 0.05) is 6.42 Å². The molecule has 0 unspecified atom stereocenters. The maximum Gasteiger partial charge on any atom is 0.326 e. The first-order valence-electron chi connectivity index (χ1n) is 17.6. The Kier molecular flexibility index (Phi) is 16.9. The van der Waals surface area contributed by atoms with Gasteiger partial charge in [-0.2, -0.15) is 0 Å². The van der Waals surface area contributed by atoms with Crippen molar-refractivity contribution in [3.8, 4) is 5.75 Å². The van der Waals surface area contributed by atoms with Crippen molar-refractivity contribution in [1.82, 2.24) is 26.6 Å². The van der Waals surface area contributed by atoms with Crippen LogP contribution in [0.3, 0.4) is 0 Å². The molecule has 1 aliphatic rings. The van der Waals surface area contributed by atoms with Gasteiger partial charge in [-0.15, -0.1) is 0 Å². The molecular formula is C36H50N6O13. The number of nitrogens with one attached hydrogen (secondary N) is 5. The van der Waals surface area contributed by atoms with Gasteiger partial charge < -0.3 is 67.7 Å². The maximum atomic E-state index is 13.4. The lowest BCUT2D eigenvalue weighted by molar-refractivity contribution is -0.236. The third-order valence-corrected chi connectivity index (χ3v) is 8.63. The van der Waals surface area contributed by atoms with Crippen LogP contribution in [0.4, 0.5) is 0 Å². The molecule has 19 heteroatoms. The molecule has 0 aromatic heterocycles. The van der Waals surface area contributed by atoms with E-state index in [1.165, 1.54) is 24.3 Å². The van der Waals surface area contributed by atoms with Crippen LogP contribution in [-0.2, 0) is 46.3 Å². The van der Waals surface area contributed by atoms with Crippen LogP contribution in [-0.4, -0.2) is 134 Å². The lowest BCUT2D eigenvalue weighted by Gasteiger charge is -2.40. The molecule has 1 saturated heterocycles. The summed E-state index contributed by atoms with van der Waals surface area (Å²) in [4.78, 5) is 77.9. The SMILES string of the molecule is CC(C)C[C@H](NC(=O)[C@H](Cc1ccccc1)NC(=O)CNC(=O)[C@@H](CC(=O)N[C@@H]1O[C@H](CO)[C@@H](O)[C@H](O)[C@H]1O)NC(=O)[C@@H](N)Cc1ccc(O)cc1)C(=O)O. The number of ether oxygens (including phenoxy) is 1. The number of carboxylic acids is 1. The Morgan fingerprint density at radius 3 is 1.96 bits per heavy atom. The third kappa shape index (κ3) is 13.9. The molecule has 1 aliphatic heterocycles. The number of aromatic hydroxyl groups is 1. The molecule has 302 valence electrons. The number of phenols is 1. The number of phenolic OH excluding ortho intramolecular Hbond substituents is 1. The van der Waals surface area contributed by atoms with E-state index in [2.05, 4.69) is 26.6 Å². The van der Waals surface area contributed by atoms with E-state index >= 15 is 0 Å². The molecule has 2 aromatic rings. The minimum atomic E-state index is -1.84. The number of aliphatic hydroxyl groups is 4. The molecule has 0 saturated carbocycles. The molecular weight excluding hydrogens is 724 g/mol. The zero-order valence-corrected chi connectivity index (χ0v) is 30.3. The molecule has 0 radical (unpaired) electrons. The van der Waals surface area contributed by atoms with E-state index in [1.807, 2.05) is 0 Å². The van der Waals surface area contributed by atoms with Crippen molar-refractivity contribution in [3.63, 3.8) is 0 Å². The Morgan fingerprint density at radius 1 is 0.745 bits per heavy atom. The summed E-state index contributed by atoms with van der Waals surface area (Å²) in [5.74, 6) is -5.94. The highest BCUT2D eigenvalue weighted by atomic mass is 16.6. The highest BCUT2D eigenvalue weighted by Crippen LogP contribution is 2.20. The summed E-state index contributed by atoms with van der Waals surface area (Å²) in [7, 11) is 0. The zero-order chi connectivity index (χ0) is 40.8. The smallest absolute Gasteiger partial charge is 0.326 e. The van der Waals surface area contributed by atoms with Crippen LogP contribution in [0.5, 0.6) is 5.75 Å². The highest BCUT2D eigenvalue weighted by molar-refractivity contribution is 5.96. The average molecular weight is 775 g/mol. The number of rotatable bonds is 19. The first kappa shape index (κ1) is 44.2. The van der Waals surface area contributed by atoms with Gasteiger partial charge in [-0.3, -0.25) is 24.0 Å². The minimum Gasteiger partial charge on any atom is -0.508 e. The van der Waals surface area contributed by atoms with E-state index in [4.69, 9.17) is 10.5 Å². The third-order valence-electron chi connectivity index (χ3n) is 8.63. The Morgan fingerprint density at radius 2 is 1.36 bits per heavy atom. The standard InChI is InChI=1S/C36H50N6O13/c1-18(2)12-25(36(53)54)41-34(52)23(14-19-6-4-3-5-7-19)39-28(46)16-38-33(51)24(40-32(50)22(37)13-20-8-10-21(44)11-9-20)15-27(45)42-35-31(49)30(48)29(47)26(17-43)55-35/h3-11,18,22-26,29-31,35,43-44,47-49H,12-17,37H2,1-2H3,(H,38,51)(H,39,46)(H,40,50)(H,41,52)(H,42,45)(H,53,54)/t22-,23-,24+,25-,26+,29+,30-,31+,35+/m0/s1. The molecule has 9 atom stereocenters. The van der Waals surface area contributed by atoms with Crippen LogP contribution in [0.2, 0.25) is 0 Å². The Balaban J connectivity index is 1.74. The van der Waals surface area contributed by atoms with Crippen molar-refractivity contribution in [2.75, 3.05) is 13.2 Å². The molecule has 1 fully saturated rings. The number of amides is 5. The fourth-order valence-electron chi connectivity index (χ4n) is 5.65. The number of hydrogen-bond donors (Lipinski definition) is 12. The molecule has 0 bridgehead atoms. The Hall–Kier alpha value is -5.18. The fourth-order valence-corrected chi connectivity index (χ4v) is 5.65. The average Bonchev–Trinajstić information content (AvgIpc) is 3.14. The molecule has 19 nitrogen and oxygen atoms in total. The molecule has 1 heterocycles. The number of aliphatic carboxylic acids is 1. The summed E-state index contributed by atoms with van der Waals surface area (Å²) in [5, 5.41) is 70.9. The molecule has 55 heavy (non-hydrogen) atoms. The molecule has 3 rings (SSSR count). The number of hydrogen-bond acceptors (Lipinski definition) is 13. The number of carboxylic acid groups (broad SMARTS) is 1. The fraction of sp³-hybridized carbons (Fsp3) is 0.500. The number of carbonyl (C=O) groups is 6. The van der Waals surface area contributed by atoms with Gasteiger partial charge in [0.2, 0.25) is 29.5 Å². The van der Waals surface area contributed by atoms with Crippen LogP contribution in [0.25, 0.3) is 0 Å². The van der Waals surface area contributed by atoms with E-state index in [9.17, 15) is 59.4 Å². The van der Waals surface area contributed by atoms with Crippen molar-refractivity contribution in [1.29, 1.82) is 0 Å². The van der Waals surface area contributed by atoms with Gasteiger partial charge in [0.05, 0.1) is 25.6 Å². The summed E-state index contributed by atoms with van der Waals surface area (Å²) in [6.45, 7) is 2.04. The van der Waals surface area contributed by atoms with Crippen molar-refractivity contribution in [3.05, 3.63) is 65.7 Å². The largest absolute Gasteiger partial charge is 0.508 e. The molecule has 0 aliphatic carbocycles. The van der Waals surface area contributed by atoms with E-state index in [0.717, 1.165) is 0 Å². The lowest BCUT2D eigenvalue weighted by Crippen LogP contribution is -2.63. The molecule has 13 N–H and O–H groups in total. The van der Waals surface area contributed by atoms with Crippen molar-refractivity contribution in [2.24, 2.45) is 11.7 Å². The molecule has 2 aromatic carbocycles. The van der Waals surface area contributed by atoms with E-state index in [-0.39, 0.29) is 30.9 Å². The number of carbonyl (C=O) groups excluding carboxylic acids is 5. The van der Waals surface area contributed by atoms with Crippen LogP contribution in [0, 0.1) is 5.92 Å². The van der Waals surface area contributed by atoms with Crippen LogP contribution >= 0.6 is 0 Å². The summed E-state index contributed by atoms with van der Waals surface area (Å²) in [6.07, 6.45) is -9.11. The summed E-state index contributed by atoms with van der Waals surface area (Å²) < 4.78 is 5.29. The normalized spacial score (nSPS) is 21.6. The second-order valence-electron chi connectivity index (χ2n) is 13.6. The van der Waals surface area contributed by atoms with Gasteiger partial charge in [-0.1, -0.05) is 56.3 Å². The number of nitrogens with two attached hydrogens (primary N) is 1. The van der Waals surface area contributed by atoms with Gasteiger partial charge in [-0.25, -0.2) is 4.79 Å². The predicted molar refractivity (Wildman–Crippen MR) is 192 cm³/mol. The Bertz CT molecular complexity index is 1610. The van der Waals surface area contributed by atoms with Gasteiger partial charge in [0.25, 0.3) is 0 Å². The minimum absolute atomic E-state index is 0.0180. The first-order valence-corrected chi connectivity index (χ1v) is 17.6. The molecule has 0 spiro atoms. The van der Waals surface area contributed by atoms with Crippen molar-refractivity contribution < 1.29 is 64.1 Å². The summed E-state index contributed by atoms with van der Waals surface area (Å²) in [5.41, 5.74) is 7.27. The van der Waals surface area contributed by atoms with Gasteiger partial charge in [0.1, 0.15) is 48.3 Å². The number of benzene rings is 2. The lowest BCUT2D eigenvalue weighted by atomic mass is 9.98. The van der Waals surface area contributed by atoms with Crippen LogP contribution < -0.4 is 32.3 Å². The van der Waals surface area contributed by atoms with Crippen molar-refractivity contribution >= 4 is 35.5 Å². The predicted octanol–water partition coefficient (Wildman–Crippen LogP) is -3.49. The van der Waals surface area contributed by atoms with Crippen molar-refractivity contribution in [2.45, 2.75) is 94.3 Å². The van der Waals surface area contributed by atoms with E-state index < -0.39 is 110 Å². The van der Waals surface area contributed by atoms with E-state index in [1.54, 1.807) is 44.2 Å². The maximum absolute atomic E-state index is 13.4. The highest BCUT2D eigenvalue weighted by Gasteiger charge is 2.44. The second-order valence-corrected chi connectivity index (χ2v) is 13.6. The van der Waals surface area contributed by atoms with E-state index in [0.29, 0.717) is 11.1 Å². The van der Waals surface area contributed by atoms with Crippen LogP contribution in [0.1, 0.15) is 37.8 Å². The first-order chi connectivity index (χ1) is 26.0. The molecule has 5 amide bonds. The van der Waals surface area contributed by atoms with Gasteiger partial charge >= 0.3 is 5.97 Å². The number of aliphatic hydroxyl groups excluding tert-OH is 4. The topological polar surface area (TPSA) is 319 Å². The summed E-state index contributed by atoms with van der Waals surface area (Å²) >= 11 is 0. The quantitative estimate of drug-likeness (QED) is 0.0660. The monoisotopic (exact) mass is 774 g/mol. The van der Waals surface area contributed by atoms with Gasteiger partial charge in [0.15, 0.2) is 6.23 Å². The second kappa shape index (κ2) is 21.1. The van der Waals surface area contributed by atoms with Gasteiger partial charge in [-0.05, 0) is 42.0 Å². The zero-order valence-electron chi connectivity index (χ0n) is 30.3. The summed E-state index contributed by atoms with van der Waals surface area (Å²) in [6, 6.07) is 8.95. The van der Waals surface area contributed by atoms with Crippen LogP contribution in [0.15, 0.2) is 54.6 Å². The Labute approximate surface area is 316 Å².